The molecule has 0 amide bonds. The largest absolute Gasteiger partial charge is 0.497 e. The lowest BCUT2D eigenvalue weighted by molar-refractivity contribution is -0.323. The summed E-state index contributed by atoms with van der Waals surface area (Å²) in [6, 6.07) is 16.3. The third-order valence-electron chi connectivity index (χ3n) is 2.92. The van der Waals surface area contributed by atoms with Crippen molar-refractivity contribution in [3.63, 3.8) is 0 Å². The first kappa shape index (κ1) is 14.2. The first-order valence-corrected chi connectivity index (χ1v) is 6.13. The summed E-state index contributed by atoms with van der Waals surface area (Å²) in [7, 11) is 1.60. The first-order chi connectivity index (χ1) is 9.68. The lowest BCUT2D eigenvalue weighted by atomic mass is 10.1. The van der Waals surface area contributed by atoms with E-state index >= 15 is 0 Å². The summed E-state index contributed by atoms with van der Waals surface area (Å²) in [6.45, 7) is 1.63. The molecule has 0 aliphatic heterocycles. The summed E-state index contributed by atoms with van der Waals surface area (Å²) in [6.07, 6.45) is 0. The van der Waals surface area contributed by atoms with Crippen LogP contribution in [0.2, 0.25) is 0 Å². The van der Waals surface area contributed by atoms with Crippen molar-refractivity contribution in [2.45, 2.75) is 12.6 Å². The van der Waals surface area contributed by atoms with E-state index in [0.717, 1.165) is 5.75 Å². The summed E-state index contributed by atoms with van der Waals surface area (Å²) in [5.41, 5.74) is 0.117. The van der Waals surface area contributed by atoms with Gasteiger partial charge < -0.3 is 4.74 Å². The van der Waals surface area contributed by atoms with Crippen LogP contribution in [0.5, 0.6) is 5.75 Å². The first-order valence-electron chi connectivity index (χ1n) is 6.13. The molecule has 1 unspecified atom stereocenters. The minimum atomic E-state index is -1.23. The van der Waals surface area contributed by atoms with Crippen LogP contribution in [-0.2, 0) is 10.6 Å². The Kier molecular flexibility index (Phi) is 4.45. The number of hydrogen-bond donors (Lipinski definition) is 1. The van der Waals surface area contributed by atoms with Crippen LogP contribution in [0.4, 0.5) is 5.69 Å². The minimum absolute atomic E-state index is 0.644. The van der Waals surface area contributed by atoms with Crippen molar-refractivity contribution < 1.29 is 14.9 Å². The molecule has 0 aliphatic carbocycles. The quantitative estimate of drug-likeness (QED) is 0.505. The molecule has 0 bridgehead atoms. The van der Waals surface area contributed by atoms with Gasteiger partial charge in [0.15, 0.2) is 0 Å². The fourth-order valence-corrected chi connectivity index (χ4v) is 1.68. The summed E-state index contributed by atoms with van der Waals surface area (Å²) in [4.78, 5) is 4.51. The molecule has 2 aromatic rings. The van der Waals surface area contributed by atoms with Crippen molar-refractivity contribution in [1.29, 1.82) is 0 Å². The Hall–Kier alpha value is -2.24. The van der Waals surface area contributed by atoms with Crippen LogP contribution < -0.4 is 4.74 Å². The smallest absolute Gasteiger partial charge is 0.234 e. The topological polar surface area (TPSA) is 63.4 Å². The van der Waals surface area contributed by atoms with Gasteiger partial charge in [0.25, 0.3) is 0 Å². The Morgan fingerprint density at radius 2 is 1.65 bits per heavy atom. The second-order valence-corrected chi connectivity index (χ2v) is 4.34. The molecule has 2 rings (SSSR count). The highest BCUT2D eigenvalue weighted by molar-refractivity contribution is 5.40. The zero-order valence-corrected chi connectivity index (χ0v) is 11.4. The number of methoxy groups -OCH3 is 1. The highest BCUT2D eigenvalue weighted by Crippen LogP contribution is 2.28. The van der Waals surface area contributed by atoms with E-state index < -0.39 is 5.72 Å². The monoisotopic (exact) mass is 272 g/mol. The molecule has 5 heteroatoms. The average molecular weight is 272 g/mol. The number of rotatable bonds is 5. The van der Waals surface area contributed by atoms with Crippen LogP contribution in [0.25, 0.3) is 0 Å². The Bertz CT molecular complexity index is 569. The van der Waals surface area contributed by atoms with E-state index in [4.69, 9.17) is 9.99 Å². The predicted octanol–water partition coefficient (Wildman–Crippen LogP) is 4.14. The predicted molar refractivity (Wildman–Crippen MR) is 75.0 cm³/mol. The van der Waals surface area contributed by atoms with Gasteiger partial charge >= 0.3 is 0 Å². The number of ether oxygens (including phenoxy) is 1. The molecule has 20 heavy (non-hydrogen) atoms. The van der Waals surface area contributed by atoms with E-state index in [9.17, 15) is 0 Å². The maximum atomic E-state index is 9.13. The Balaban J connectivity index is 2.22. The third-order valence-corrected chi connectivity index (χ3v) is 2.92. The Morgan fingerprint density at radius 1 is 1.00 bits per heavy atom. The maximum Gasteiger partial charge on any atom is 0.234 e. The van der Waals surface area contributed by atoms with Crippen LogP contribution in [0.1, 0.15) is 12.5 Å². The number of nitrogens with zero attached hydrogens (tertiary/aromatic N) is 2. The van der Waals surface area contributed by atoms with Gasteiger partial charge in [0, 0.05) is 5.56 Å². The molecular weight excluding hydrogens is 256 g/mol. The molecule has 0 aromatic heterocycles. The van der Waals surface area contributed by atoms with Gasteiger partial charge in [0.05, 0.1) is 12.8 Å². The van der Waals surface area contributed by atoms with Crippen molar-refractivity contribution in [1.82, 2.24) is 0 Å². The van der Waals surface area contributed by atoms with Crippen molar-refractivity contribution in [3.8, 4) is 5.75 Å². The summed E-state index contributed by atoms with van der Waals surface area (Å²) in [5.74, 6) is 0.744. The van der Waals surface area contributed by atoms with Gasteiger partial charge in [0.1, 0.15) is 5.75 Å². The molecule has 0 aliphatic rings. The zero-order chi connectivity index (χ0) is 14.4. The van der Waals surface area contributed by atoms with Crippen LogP contribution in [-0.4, -0.2) is 12.4 Å². The molecule has 2 aromatic carbocycles. The van der Waals surface area contributed by atoms with Crippen LogP contribution in [0, 0.1) is 0 Å². The third kappa shape index (κ3) is 3.20. The second kappa shape index (κ2) is 6.27. The lowest BCUT2D eigenvalue weighted by Crippen LogP contribution is -2.21. The second-order valence-electron chi connectivity index (χ2n) is 4.34. The van der Waals surface area contributed by atoms with Crippen molar-refractivity contribution in [2.24, 2.45) is 10.2 Å². The summed E-state index contributed by atoms with van der Waals surface area (Å²) >= 11 is 0. The standard InChI is InChI=1S/C15H16N2O3/c1-15(20-18,12-6-4-3-5-7-12)17-16-13-8-10-14(19-2)11-9-13/h3-11,18H,1-2H3. The van der Waals surface area contributed by atoms with E-state index in [1.54, 1.807) is 38.3 Å². The van der Waals surface area contributed by atoms with Crippen LogP contribution >= 0.6 is 0 Å². The van der Waals surface area contributed by atoms with Gasteiger partial charge in [-0.05, 0) is 31.2 Å². The van der Waals surface area contributed by atoms with Gasteiger partial charge in [-0.15, -0.1) is 5.11 Å². The normalized spacial score (nSPS) is 14.2. The van der Waals surface area contributed by atoms with Gasteiger partial charge in [-0.1, -0.05) is 30.3 Å². The molecule has 104 valence electrons. The Labute approximate surface area is 117 Å². The molecule has 0 heterocycles. The molecule has 0 fully saturated rings. The Morgan fingerprint density at radius 3 is 2.20 bits per heavy atom. The zero-order valence-electron chi connectivity index (χ0n) is 11.4. The molecule has 1 atom stereocenters. The number of benzene rings is 2. The number of azo groups is 1. The maximum absolute atomic E-state index is 9.13. The van der Waals surface area contributed by atoms with E-state index in [1.165, 1.54) is 0 Å². The van der Waals surface area contributed by atoms with Crippen molar-refractivity contribution in [3.05, 3.63) is 60.2 Å². The van der Waals surface area contributed by atoms with E-state index in [2.05, 4.69) is 15.1 Å². The molecule has 0 spiro atoms. The van der Waals surface area contributed by atoms with Gasteiger partial charge in [0.2, 0.25) is 5.72 Å². The molecule has 1 N–H and O–H groups in total. The van der Waals surface area contributed by atoms with Crippen molar-refractivity contribution in [2.75, 3.05) is 7.11 Å². The molecule has 0 radical (unpaired) electrons. The SMILES string of the molecule is COc1ccc(N=NC(C)(OO)c2ccccc2)cc1. The fraction of sp³-hybridized carbons (Fsp3) is 0.200. The highest BCUT2D eigenvalue weighted by atomic mass is 17.1. The highest BCUT2D eigenvalue weighted by Gasteiger charge is 2.27. The van der Waals surface area contributed by atoms with E-state index in [-0.39, 0.29) is 0 Å². The molecule has 0 saturated carbocycles. The fourth-order valence-electron chi connectivity index (χ4n) is 1.68. The van der Waals surface area contributed by atoms with Crippen molar-refractivity contribution >= 4 is 5.69 Å². The summed E-state index contributed by atoms with van der Waals surface area (Å²) in [5, 5.41) is 17.3. The van der Waals surface area contributed by atoms with Gasteiger partial charge in [-0.3, -0.25) is 0 Å². The van der Waals surface area contributed by atoms with E-state index in [0.29, 0.717) is 11.3 Å². The molecular formula is C15H16N2O3. The summed E-state index contributed by atoms with van der Waals surface area (Å²) < 4.78 is 5.07. The van der Waals surface area contributed by atoms with Crippen LogP contribution in [0.3, 0.4) is 0 Å². The lowest BCUT2D eigenvalue weighted by Gasteiger charge is -2.19. The average Bonchev–Trinajstić information content (AvgIpc) is 2.54. The minimum Gasteiger partial charge on any atom is -0.497 e. The van der Waals surface area contributed by atoms with Gasteiger partial charge in [-0.2, -0.15) is 5.11 Å². The molecule has 5 nitrogen and oxygen atoms in total. The molecule has 0 saturated heterocycles. The van der Waals surface area contributed by atoms with Gasteiger partial charge in [-0.25, -0.2) is 10.1 Å². The number of hydrogen-bond acceptors (Lipinski definition) is 5. The van der Waals surface area contributed by atoms with E-state index in [1.807, 2.05) is 30.3 Å². The van der Waals surface area contributed by atoms with Crippen LogP contribution in [0.15, 0.2) is 64.8 Å².